The Morgan fingerprint density at radius 2 is 2.13 bits per heavy atom. The molecule has 0 radical (unpaired) electrons. The highest BCUT2D eigenvalue weighted by atomic mass is 16.1. The van der Waals surface area contributed by atoms with Crippen LogP contribution in [-0.2, 0) is 11.2 Å². The van der Waals surface area contributed by atoms with Gasteiger partial charge in [0.05, 0.1) is 17.1 Å². The fourth-order valence-corrected chi connectivity index (χ4v) is 2.48. The monoisotopic (exact) mass is 310 g/mol. The van der Waals surface area contributed by atoms with Crippen LogP contribution < -0.4 is 10.9 Å². The zero-order chi connectivity index (χ0) is 16.2. The molecule has 1 aromatic carbocycles. The highest BCUT2D eigenvalue weighted by Crippen LogP contribution is 2.12. The number of carbonyl (C=O) groups excluding carboxylic acids is 1. The average Bonchev–Trinajstić information content (AvgIpc) is 2.96. The maximum Gasteiger partial charge on any atom is 0.248 e. The fourth-order valence-electron chi connectivity index (χ4n) is 2.48. The van der Waals surface area contributed by atoms with Crippen LogP contribution in [0.15, 0.2) is 47.4 Å². The SMILES string of the molecule is CC(NC(=O)CCc1nc2ccccc2[nH]1)c1cc[nH]c(=O)c1. The minimum atomic E-state index is -0.208. The lowest BCUT2D eigenvalue weighted by molar-refractivity contribution is -0.121. The number of hydrogen-bond donors (Lipinski definition) is 3. The van der Waals surface area contributed by atoms with Crippen molar-refractivity contribution in [1.29, 1.82) is 0 Å². The molecule has 0 saturated heterocycles. The van der Waals surface area contributed by atoms with Crippen molar-refractivity contribution in [1.82, 2.24) is 20.3 Å². The summed E-state index contributed by atoms with van der Waals surface area (Å²) in [5.74, 6) is 0.725. The summed E-state index contributed by atoms with van der Waals surface area (Å²) in [6, 6.07) is 10.8. The van der Waals surface area contributed by atoms with Gasteiger partial charge in [-0.25, -0.2) is 4.98 Å². The summed E-state index contributed by atoms with van der Waals surface area (Å²) in [5, 5.41) is 2.89. The predicted octanol–water partition coefficient (Wildman–Crippen LogP) is 2.06. The lowest BCUT2D eigenvalue weighted by Gasteiger charge is -2.13. The average molecular weight is 310 g/mol. The number of rotatable bonds is 5. The number of carbonyl (C=O) groups is 1. The lowest BCUT2D eigenvalue weighted by atomic mass is 10.1. The molecule has 0 spiro atoms. The van der Waals surface area contributed by atoms with Crippen LogP contribution in [0.2, 0.25) is 0 Å². The Hall–Kier alpha value is -2.89. The van der Waals surface area contributed by atoms with E-state index in [1.54, 1.807) is 12.3 Å². The van der Waals surface area contributed by atoms with Crippen LogP contribution in [-0.4, -0.2) is 20.9 Å². The van der Waals surface area contributed by atoms with Gasteiger partial charge in [0.1, 0.15) is 5.82 Å². The molecule has 2 heterocycles. The van der Waals surface area contributed by atoms with E-state index in [1.807, 2.05) is 31.2 Å². The number of nitrogens with one attached hydrogen (secondary N) is 3. The van der Waals surface area contributed by atoms with Gasteiger partial charge in [-0.15, -0.1) is 0 Å². The van der Waals surface area contributed by atoms with E-state index in [1.165, 1.54) is 6.07 Å². The first-order chi connectivity index (χ1) is 11.1. The molecule has 1 unspecified atom stereocenters. The molecule has 3 aromatic rings. The van der Waals surface area contributed by atoms with E-state index < -0.39 is 0 Å². The topological polar surface area (TPSA) is 90.6 Å². The van der Waals surface area contributed by atoms with Crippen molar-refractivity contribution < 1.29 is 4.79 Å². The first-order valence-electron chi connectivity index (χ1n) is 7.53. The Labute approximate surface area is 133 Å². The number of aromatic nitrogens is 3. The molecule has 2 aromatic heterocycles. The molecule has 6 nitrogen and oxygen atoms in total. The zero-order valence-corrected chi connectivity index (χ0v) is 12.8. The molecule has 0 bridgehead atoms. The molecule has 3 N–H and O–H groups in total. The Balaban J connectivity index is 1.58. The highest BCUT2D eigenvalue weighted by molar-refractivity contribution is 5.77. The molecule has 0 aliphatic rings. The Bertz CT molecular complexity index is 848. The van der Waals surface area contributed by atoms with Crippen LogP contribution >= 0.6 is 0 Å². The second-order valence-electron chi connectivity index (χ2n) is 5.48. The van der Waals surface area contributed by atoms with Crippen molar-refractivity contribution in [2.24, 2.45) is 0 Å². The van der Waals surface area contributed by atoms with Crippen LogP contribution in [0.3, 0.4) is 0 Å². The van der Waals surface area contributed by atoms with Gasteiger partial charge in [0.25, 0.3) is 0 Å². The summed E-state index contributed by atoms with van der Waals surface area (Å²) in [4.78, 5) is 33.6. The maximum absolute atomic E-state index is 12.1. The van der Waals surface area contributed by atoms with Crippen molar-refractivity contribution in [3.05, 3.63) is 64.3 Å². The number of H-pyrrole nitrogens is 2. The minimum absolute atomic E-state index is 0.0711. The first-order valence-corrected chi connectivity index (χ1v) is 7.53. The number of para-hydroxylation sites is 2. The third-order valence-electron chi connectivity index (χ3n) is 3.70. The van der Waals surface area contributed by atoms with Crippen LogP contribution in [0.1, 0.15) is 30.8 Å². The second kappa shape index (κ2) is 6.48. The Morgan fingerprint density at radius 1 is 1.30 bits per heavy atom. The van der Waals surface area contributed by atoms with Crippen molar-refractivity contribution in [2.75, 3.05) is 0 Å². The van der Waals surface area contributed by atoms with E-state index in [9.17, 15) is 9.59 Å². The standard InChI is InChI=1S/C17H18N4O2/c1-11(12-8-9-18-17(23)10-12)19-16(22)7-6-15-20-13-4-2-3-5-14(13)21-15/h2-5,8-11H,6-7H2,1H3,(H,18,23)(H,19,22)(H,20,21). The zero-order valence-electron chi connectivity index (χ0n) is 12.8. The number of nitrogens with zero attached hydrogens (tertiary/aromatic N) is 1. The highest BCUT2D eigenvalue weighted by Gasteiger charge is 2.11. The van der Waals surface area contributed by atoms with Crippen molar-refractivity contribution in [3.63, 3.8) is 0 Å². The van der Waals surface area contributed by atoms with Crippen molar-refractivity contribution in [3.8, 4) is 0 Å². The van der Waals surface area contributed by atoms with Gasteiger partial charge >= 0.3 is 0 Å². The Kier molecular flexibility index (Phi) is 4.23. The van der Waals surface area contributed by atoms with Gasteiger partial charge < -0.3 is 15.3 Å². The number of pyridine rings is 1. The summed E-state index contributed by atoms with van der Waals surface area (Å²) < 4.78 is 0. The van der Waals surface area contributed by atoms with E-state index >= 15 is 0 Å². The van der Waals surface area contributed by atoms with E-state index in [0.29, 0.717) is 12.8 Å². The number of aromatic amines is 2. The van der Waals surface area contributed by atoms with Gasteiger partial charge in [-0.3, -0.25) is 9.59 Å². The van der Waals surface area contributed by atoms with Gasteiger partial charge in [0.2, 0.25) is 11.5 Å². The summed E-state index contributed by atoms with van der Waals surface area (Å²) in [6.45, 7) is 1.86. The molecule has 23 heavy (non-hydrogen) atoms. The molecule has 0 aliphatic heterocycles. The molecule has 0 fully saturated rings. The third-order valence-corrected chi connectivity index (χ3v) is 3.70. The number of aryl methyl sites for hydroxylation is 1. The number of amides is 1. The van der Waals surface area contributed by atoms with E-state index in [2.05, 4.69) is 20.3 Å². The van der Waals surface area contributed by atoms with Gasteiger partial charge in [0.15, 0.2) is 0 Å². The molecule has 3 rings (SSSR count). The summed E-state index contributed by atoms with van der Waals surface area (Å²) >= 11 is 0. The molecule has 1 amide bonds. The summed E-state index contributed by atoms with van der Waals surface area (Å²) in [5.41, 5.74) is 2.48. The van der Waals surface area contributed by atoms with E-state index in [4.69, 9.17) is 0 Å². The fraction of sp³-hybridized carbons (Fsp3) is 0.235. The Morgan fingerprint density at radius 3 is 2.91 bits per heavy atom. The molecule has 1 atom stereocenters. The van der Waals surface area contributed by atoms with Crippen LogP contribution in [0.25, 0.3) is 11.0 Å². The number of hydrogen-bond acceptors (Lipinski definition) is 3. The van der Waals surface area contributed by atoms with Gasteiger partial charge in [0, 0.05) is 25.1 Å². The van der Waals surface area contributed by atoms with Gasteiger partial charge in [-0.05, 0) is 30.7 Å². The smallest absolute Gasteiger partial charge is 0.248 e. The predicted molar refractivity (Wildman–Crippen MR) is 88.0 cm³/mol. The van der Waals surface area contributed by atoms with Crippen LogP contribution in [0.4, 0.5) is 0 Å². The number of imidazole rings is 1. The summed E-state index contributed by atoms with van der Waals surface area (Å²) in [7, 11) is 0. The third kappa shape index (κ3) is 3.66. The summed E-state index contributed by atoms with van der Waals surface area (Å²) in [6.07, 6.45) is 2.46. The lowest BCUT2D eigenvalue weighted by Crippen LogP contribution is -2.27. The maximum atomic E-state index is 12.1. The first kappa shape index (κ1) is 15.0. The molecule has 0 aliphatic carbocycles. The van der Waals surface area contributed by atoms with Crippen LogP contribution in [0.5, 0.6) is 0 Å². The minimum Gasteiger partial charge on any atom is -0.350 e. The van der Waals surface area contributed by atoms with Crippen LogP contribution in [0, 0.1) is 0 Å². The normalized spacial score (nSPS) is 12.2. The van der Waals surface area contributed by atoms with E-state index in [0.717, 1.165) is 22.4 Å². The number of benzene rings is 1. The van der Waals surface area contributed by atoms with Gasteiger partial charge in [-0.1, -0.05) is 12.1 Å². The van der Waals surface area contributed by atoms with Gasteiger partial charge in [-0.2, -0.15) is 0 Å². The van der Waals surface area contributed by atoms with Crippen molar-refractivity contribution >= 4 is 16.9 Å². The quantitative estimate of drug-likeness (QED) is 0.673. The second-order valence-corrected chi connectivity index (χ2v) is 5.48. The van der Waals surface area contributed by atoms with E-state index in [-0.39, 0.29) is 17.5 Å². The molecular weight excluding hydrogens is 292 g/mol. The number of fused-ring (bicyclic) bond motifs is 1. The largest absolute Gasteiger partial charge is 0.350 e. The molecule has 118 valence electrons. The molecule has 6 heteroatoms. The van der Waals surface area contributed by atoms with Crippen molar-refractivity contribution in [2.45, 2.75) is 25.8 Å². The molecule has 0 saturated carbocycles. The molecular formula is C17H18N4O2.